The highest BCUT2D eigenvalue weighted by Crippen LogP contribution is 2.38. The fraction of sp³-hybridized carbons (Fsp3) is 0.188. The van der Waals surface area contributed by atoms with Gasteiger partial charge < -0.3 is 5.32 Å². The number of fused-ring (bicyclic) bond motifs is 1. The lowest BCUT2D eigenvalue weighted by molar-refractivity contribution is -0.138. The van der Waals surface area contributed by atoms with E-state index in [0.29, 0.717) is 24.0 Å². The fourth-order valence-electron chi connectivity index (χ4n) is 2.38. The Morgan fingerprint density at radius 2 is 1.77 bits per heavy atom. The van der Waals surface area contributed by atoms with Crippen LogP contribution in [0.2, 0.25) is 10.0 Å². The molecule has 1 amide bonds. The van der Waals surface area contributed by atoms with Crippen LogP contribution in [0.5, 0.6) is 0 Å². The molecule has 0 saturated carbocycles. The van der Waals surface area contributed by atoms with Gasteiger partial charge in [-0.1, -0.05) is 41.0 Å². The Morgan fingerprint density at radius 1 is 1.07 bits per heavy atom. The lowest BCUT2D eigenvalue weighted by Crippen LogP contribution is -2.18. The molecule has 3 rings (SSSR count). The predicted octanol–water partition coefficient (Wildman–Crippen LogP) is 5.80. The third kappa shape index (κ3) is 4.76. The van der Waals surface area contributed by atoms with Crippen LogP contribution in [0.4, 0.5) is 32.0 Å². The summed E-state index contributed by atoms with van der Waals surface area (Å²) in [7, 11) is 0. The quantitative estimate of drug-likeness (QED) is 0.372. The zero-order valence-corrected chi connectivity index (χ0v) is 16.6. The van der Waals surface area contributed by atoms with E-state index in [0.717, 1.165) is 16.5 Å². The average molecular weight is 489 g/mol. The number of nitrogens with zero attached hydrogens (tertiary/aromatic N) is 3. The monoisotopic (exact) mass is 488 g/mol. The van der Waals surface area contributed by atoms with Crippen molar-refractivity contribution in [2.75, 3.05) is 11.1 Å². The van der Waals surface area contributed by atoms with Crippen LogP contribution in [-0.2, 0) is 17.1 Å². The highest BCUT2D eigenvalue weighted by atomic mass is 35.5. The molecule has 5 nitrogen and oxygen atoms in total. The summed E-state index contributed by atoms with van der Waals surface area (Å²) in [5, 5.41) is 8.66. The van der Waals surface area contributed by atoms with E-state index in [-0.39, 0.29) is 20.8 Å². The van der Waals surface area contributed by atoms with Gasteiger partial charge in [-0.25, -0.2) is 0 Å². The molecule has 0 unspecified atom stereocenters. The summed E-state index contributed by atoms with van der Waals surface area (Å²) in [6, 6.07) is 3.69. The molecule has 14 heteroatoms. The molecule has 0 radical (unpaired) electrons. The number of benzene rings is 1. The van der Waals surface area contributed by atoms with E-state index >= 15 is 0 Å². The second-order valence-corrected chi connectivity index (χ2v) is 7.50. The fourth-order valence-corrected chi connectivity index (χ4v) is 3.56. The van der Waals surface area contributed by atoms with Crippen molar-refractivity contribution in [2.24, 2.45) is 0 Å². The van der Waals surface area contributed by atoms with Gasteiger partial charge in [0.15, 0.2) is 10.8 Å². The van der Waals surface area contributed by atoms with E-state index in [4.69, 9.17) is 23.2 Å². The molecule has 160 valence electrons. The Morgan fingerprint density at radius 3 is 2.40 bits per heavy atom. The van der Waals surface area contributed by atoms with Gasteiger partial charge in [-0.3, -0.25) is 9.20 Å². The van der Waals surface area contributed by atoms with E-state index in [9.17, 15) is 31.1 Å². The van der Waals surface area contributed by atoms with Crippen molar-refractivity contribution in [3.05, 3.63) is 51.6 Å². The van der Waals surface area contributed by atoms with Gasteiger partial charge in [0.1, 0.15) is 0 Å². The first-order valence-electron chi connectivity index (χ1n) is 7.78. The summed E-state index contributed by atoms with van der Waals surface area (Å²) in [4.78, 5) is 12.1. The number of nitrogens with one attached hydrogen (secondary N) is 1. The first-order chi connectivity index (χ1) is 13.9. The number of carbonyl (C=O) groups excluding carboxylic acids is 1. The summed E-state index contributed by atoms with van der Waals surface area (Å²) in [5.74, 6) is -1.36. The molecule has 0 fully saturated rings. The number of carbonyl (C=O) groups is 1. The predicted molar refractivity (Wildman–Crippen MR) is 98.8 cm³/mol. The molecular weight excluding hydrogens is 481 g/mol. The van der Waals surface area contributed by atoms with E-state index in [1.54, 1.807) is 0 Å². The minimum atomic E-state index is -4.76. The summed E-state index contributed by atoms with van der Waals surface area (Å²) in [6.07, 6.45) is -8.73. The molecule has 0 saturated heterocycles. The molecule has 1 N–H and O–H groups in total. The second kappa shape index (κ2) is 8.16. The molecule has 2 aromatic heterocycles. The molecule has 2 heterocycles. The van der Waals surface area contributed by atoms with Gasteiger partial charge >= 0.3 is 12.4 Å². The first-order valence-corrected chi connectivity index (χ1v) is 9.52. The Balaban J connectivity index is 1.81. The number of alkyl halides is 6. The molecule has 0 aliphatic carbocycles. The maximum absolute atomic E-state index is 13.1. The third-order valence-electron chi connectivity index (χ3n) is 3.67. The zero-order chi connectivity index (χ0) is 22.3. The van der Waals surface area contributed by atoms with Gasteiger partial charge in [-0.15, -0.1) is 10.2 Å². The largest absolute Gasteiger partial charge is 0.418 e. The van der Waals surface area contributed by atoms with E-state index in [1.807, 2.05) is 0 Å². The van der Waals surface area contributed by atoms with Crippen molar-refractivity contribution in [3.8, 4) is 0 Å². The normalized spacial score (nSPS) is 12.4. The number of amides is 1. The molecule has 30 heavy (non-hydrogen) atoms. The van der Waals surface area contributed by atoms with Crippen molar-refractivity contribution in [1.29, 1.82) is 0 Å². The maximum atomic E-state index is 13.1. The van der Waals surface area contributed by atoms with E-state index < -0.39 is 40.8 Å². The van der Waals surface area contributed by atoms with Crippen LogP contribution in [0.3, 0.4) is 0 Å². The Kier molecular flexibility index (Phi) is 6.12. The smallest absolute Gasteiger partial charge is 0.324 e. The van der Waals surface area contributed by atoms with Gasteiger partial charge in [0.25, 0.3) is 0 Å². The zero-order valence-electron chi connectivity index (χ0n) is 14.3. The van der Waals surface area contributed by atoms with Gasteiger partial charge in [-0.05, 0) is 18.2 Å². The summed E-state index contributed by atoms with van der Waals surface area (Å²) in [6.45, 7) is 0. The van der Waals surface area contributed by atoms with Crippen molar-refractivity contribution >= 4 is 52.2 Å². The SMILES string of the molecule is O=C(CSc1nnc2c(Cl)cc(C(F)(F)F)cn12)Nc1c(Cl)cccc1C(F)(F)F. The highest BCUT2D eigenvalue weighted by molar-refractivity contribution is 7.99. The van der Waals surface area contributed by atoms with Crippen LogP contribution in [0.15, 0.2) is 35.6 Å². The number of hydrogen-bond donors (Lipinski definition) is 1. The van der Waals surface area contributed by atoms with Crippen LogP contribution < -0.4 is 5.32 Å². The topological polar surface area (TPSA) is 59.3 Å². The Labute approximate surface area is 178 Å². The Bertz CT molecular complexity index is 1120. The summed E-state index contributed by atoms with van der Waals surface area (Å²) in [5.41, 5.74) is -2.89. The van der Waals surface area contributed by atoms with Crippen LogP contribution in [-0.4, -0.2) is 26.3 Å². The van der Waals surface area contributed by atoms with Crippen molar-refractivity contribution < 1.29 is 31.1 Å². The second-order valence-electron chi connectivity index (χ2n) is 5.75. The average Bonchev–Trinajstić information content (AvgIpc) is 3.03. The lowest BCUT2D eigenvalue weighted by atomic mass is 10.1. The molecule has 0 bridgehead atoms. The van der Waals surface area contributed by atoms with Gasteiger partial charge in [0.05, 0.1) is 32.6 Å². The maximum Gasteiger partial charge on any atom is 0.418 e. The van der Waals surface area contributed by atoms with Gasteiger partial charge in [0.2, 0.25) is 5.91 Å². The van der Waals surface area contributed by atoms with E-state index in [2.05, 4.69) is 15.5 Å². The molecule has 1 aromatic carbocycles. The summed E-state index contributed by atoms with van der Waals surface area (Å²) < 4.78 is 79.1. The minimum Gasteiger partial charge on any atom is -0.324 e. The molecule has 0 atom stereocenters. The van der Waals surface area contributed by atoms with Crippen molar-refractivity contribution in [1.82, 2.24) is 14.6 Å². The number of hydrogen-bond acceptors (Lipinski definition) is 4. The summed E-state index contributed by atoms with van der Waals surface area (Å²) >= 11 is 12.2. The van der Waals surface area contributed by atoms with Crippen LogP contribution in [0.25, 0.3) is 5.65 Å². The molecule has 0 aliphatic heterocycles. The molecule has 0 aliphatic rings. The number of rotatable bonds is 4. The highest BCUT2D eigenvalue weighted by Gasteiger charge is 2.35. The van der Waals surface area contributed by atoms with E-state index in [1.165, 1.54) is 6.07 Å². The third-order valence-corrected chi connectivity index (χ3v) is 5.21. The number of halogens is 8. The van der Waals surface area contributed by atoms with Gasteiger partial charge in [0, 0.05) is 6.20 Å². The lowest BCUT2D eigenvalue weighted by Gasteiger charge is -2.15. The van der Waals surface area contributed by atoms with Crippen LogP contribution in [0, 0.1) is 0 Å². The number of para-hydroxylation sites is 1. The first kappa shape index (κ1) is 22.5. The number of anilines is 1. The van der Waals surface area contributed by atoms with Crippen LogP contribution >= 0.6 is 35.0 Å². The standard InChI is InChI=1S/C16H8Cl2F6N4OS/c17-9-3-1-2-8(16(22,23)24)12(9)25-11(29)6-30-14-27-26-13-10(18)4-7(5-28(13)14)15(19,20)21/h1-5H,6H2,(H,25,29). The minimum absolute atomic E-state index is 0.0713. The van der Waals surface area contributed by atoms with Crippen molar-refractivity contribution in [3.63, 3.8) is 0 Å². The molecular formula is C16H8Cl2F6N4OS. The van der Waals surface area contributed by atoms with Gasteiger partial charge in [-0.2, -0.15) is 26.3 Å². The Hall–Kier alpha value is -2.18. The van der Waals surface area contributed by atoms with Crippen LogP contribution in [0.1, 0.15) is 11.1 Å². The molecule has 3 aromatic rings. The van der Waals surface area contributed by atoms with Crippen molar-refractivity contribution in [2.45, 2.75) is 17.5 Å². The number of pyridine rings is 1. The molecule has 0 spiro atoms. The number of aromatic nitrogens is 3. The number of thioether (sulfide) groups is 1.